The molecule has 4 aromatic heterocycles. The monoisotopic (exact) mass is 391 g/mol. The van der Waals surface area contributed by atoms with Gasteiger partial charge in [-0.2, -0.15) is 5.10 Å². The first-order valence-corrected chi connectivity index (χ1v) is 9.70. The predicted molar refractivity (Wildman–Crippen MR) is 105 cm³/mol. The molecule has 8 nitrogen and oxygen atoms in total. The van der Waals surface area contributed by atoms with Crippen LogP contribution in [0.1, 0.15) is 46.2 Å². The summed E-state index contributed by atoms with van der Waals surface area (Å²) in [6.45, 7) is 5.17. The van der Waals surface area contributed by atoms with Crippen LogP contribution in [0, 0.1) is 13.8 Å². The van der Waals surface area contributed by atoms with Gasteiger partial charge in [0.05, 0.1) is 34.5 Å². The lowest BCUT2D eigenvalue weighted by Crippen LogP contribution is -2.39. The number of fused-ring (bicyclic) bond motifs is 1. The summed E-state index contributed by atoms with van der Waals surface area (Å²) in [6, 6.07) is 5.56. The van der Waals surface area contributed by atoms with Crippen LogP contribution in [0.5, 0.6) is 0 Å². The SMILES string of the molecule is Cc1cc(-c2cnc3cc(C)nn3c2[C@@H]2CCCN(C(=O)c3ccoc3)C2)on1. The average Bonchev–Trinajstić information content (AvgIpc) is 3.46. The Labute approximate surface area is 167 Å². The molecule has 5 heterocycles. The van der Waals surface area contributed by atoms with E-state index in [1.807, 2.05) is 41.6 Å². The molecule has 0 radical (unpaired) electrons. The largest absolute Gasteiger partial charge is 0.472 e. The summed E-state index contributed by atoms with van der Waals surface area (Å²) in [6.07, 6.45) is 6.71. The number of nitrogens with zero attached hydrogens (tertiary/aromatic N) is 5. The lowest BCUT2D eigenvalue weighted by atomic mass is 9.91. The molecule has 1 saturated heterocycles. The van der Waals surface area contributed by atoms with E-state index in [9.17, 15) is 4.79 Å². The van der Waals surface area contributed by atoms with Crippen LogP contribution in [-0.2, 0) is 0 Å². The van der Waals surface area contributed by atoms with Gasteiger partial charge in [-0.1, -0.05) is 5.16 Å². The van der Waals surface area contributed by atoms with Crippen LogP contribution in [0.25, 0.3) is 17.0 Å². The van der Waals surface area contributed by atoms with Gasteiger partial charge in [0.1, 0.15) is 6.26 Å². The van der Waals surface area contributed by atoms with E-state index in [1.54, 1.807) is 6.07 Å². The predicted octanol–water partition coefficient (Wildman–Crippen LogP) is 3.61. The van der Waals surface area contributed by atoms with E-state index in [0.29, 0.717) is 17.9 Å². The second kappa shape index (κ2) is 6.88. The Hall–Kier alpha value is -3.42. The summed E-state index contributed by atoms with van der Waals surface area (Å²) < 4.78 is 12.5. The molecule has 4 aromatic rings. The minimum absolute atomic E-state index is 0.0116. The van der Waals surface area contributed by atoms with Crippen molar-refractivity contribution in [3.05, 3.63) is 59.6 Å². The maximum absolute atomic E-state index is 12.9. The van der Waals surface area contributed by atoms with Crippen LogP contribution < -0.4 is 0 Å². The van der Waals surface area contributed by atoms with E-state index in [4.69, 9.17) is 8.94 Å². The molecule has 148 valence electrons. The van der Waals surface area contributed by atoms with Gasteiger partial charge in [0.15, 0.2) is 11.4 Å². The Kier molecular flexibility index (Phi) is 4.19. The van der Waals surface area contributed by atoms with Crippen molar-refractivity contribution in [2.45, 2.75) is 32.6 Å². The molecule has 8 heteroatoms. The fraction of sp³-hybridized carbons (Fsp3) is 0.333. The van der Waals surface area contributed by atoms with E-state index >= 15 is 0 Å². The van der Waals surface area contributed by atoms with Gasteiger partial charge in [-0.15, -0.1) is 0 Å². The second-order valence-corrected chi connectivity index (χ2v) is 7.55. The number of rotatable bonds is 3. The van der Waals surface area contributed by atoms with Gasteiger partial charge in [-0.05, 0) is 32.8 Å². The molecule has 1 fully saturated rings. The van der Waals surface area contributed by atoms with Gasteiger partial charge in [-0.25, -0.2) is 9.50 Å². The fourth-order valence-corrected chi connectivity index (χ4v) is 4.09. The van der Waals surface area contributed by atoms with Crippen molar-refractivity contribution in [2.75, 3.05) is 13.1 Å². The van der Waals surface area contributed by atoms with E-state index in [2.05, 4.69) is 15.2 Å². The van der Waals surface area contributed by atoms with E-state index < -0.39 is 0 Å². The van der Waals surface area contributed by atoms with Gasteiger partial charge < -0.3 is 13.8 Å². The Morgan fingerprint density at radius 1 is 1.24 bits per heavy atom. The van der Waals surface area contributed by atoms with Crippen LogP contribution in [0.4, 0.5) is 0 Å². The average molecular weight is 391 g/mol. The number of aryl methyl sites for hydroxylation is 2. The number of aromatic nitrogens is 4. The summed E-state index contributed by atoms with van der Waals surface area (Å²) in [5, 5.41) is 8.71. The highest BCUT2D eigenvalue weighted by Gasteiger charge is 2.30. The van der Waals surface area contributed by atoms with E-state index in [1.165, 1.54) is 12.5 Å². The number of carbonyl (C=O) groups excluding carboxylic acids is 1. The molecule has 5 rings (SSSR count). The lowest BCUT2D eigenvalue weighted by Gasteiger charge is -2.33. The lowest BCUT2D eigenvalue weighted by molar-refractivity contribution is 0.0704. The molecule has 29 heavy (non-hydrogen) atoms. The van der Waals surface area contributed by atoms with Gasteiger partial charge in [0.2, 0.25) is 0 Å². The van der Waals surface area contributed by atoms with Gasteiger partial charge >= 0.3 is 0 Å². The minimum atomic E-state index is -0.0116. The van der Waals surface area contributed by atoms with Crippen molar-refractivity contribution in [3.63, 3.8) is 0 Å². The molecule has 0 spiro atoms. The second-order valence-electron chi connectivity index (χ2n) is 7.55. The van der Waals surface area contributed by atoms with Crippen molar-refractivity contribution >= 4 is 11.6 Å². The van der Waals surface area contributed by atoms with E-state index in [-0.39, 0.29) is 11.8 Å². The molecule has 0 aromatic carbocycles. The molecule has 1 amide bonds. The molecule has 1 atom stereocenters. The molecule has 0 aliphatic carbocycles. The van der Waals surface area contributed by atoms with Crippen LogP contribution in [0.2, 0.25) is 0 Å². The Morgan fingerprint density at radius 2 is 2.14 bits per heavy atom. The van der Waals surface area contributed by atoms with Crippen molar-refractivity contribution in [1.29, 1.82) is 0 Å². The van der Waals surface area contributed by atoms with Crippen molar-refractivity contribution < 1.29 is 13.7 Å². The molecular weight excluding hydrogens is 370 g/mol. The number of amides is 1. The number of hydrogen-bond acceptors (Lipinski definition) is 6. The zero-order valence-corrected chi connectivity index (χ0v) is 16.3. The first-order valence-electron chi connectivity index (χ1n) is 9.70. The third-order valence-corrected chi connectivity index (χ3v) is 5.40. The highest BCUT2D eigenvalue weighted by atomic mass is 16.5. The zero-order valence-electron chi connectivity index (χ0n) is 16.3. The number of furan rings is 1. The number of hydrogen-bond donors (Lipinski definition) is 0. The fourth-order valence-electron chi connectivity index (χ4n) is 4.09. The third-order valence-electron chi connectivity index (χ3n) is 5.40. The van der Waals surface area contributed by atoms with Crippen molar-refractivity contribution in [2.24, 2.45) is 0 Å². The molecular formula is C21H21N5O3. The van der Waals surface area contributed by atoms with Gasteiger partial charge in [0.25, 0.3) is 5.91 Å². The van der Waals surface area contributed by atoms with Crippen LogP contribution in [-0.4, -0.2) is 43.7 Å². The highest BCUT2D eigenvalue weighted by Crippen LogP contribution is 2.35. The quantitative estimate of drug-likeness (QED) is 0.530. The van der Waals surface area contributed by atoms with Crippen molar-refractivity contribution in [3.8, 4) is 11.3 Å². The normalized spacial score (nSPS) is 17.2. The first kappa shape index (κ1) is 17.7. The van der Waals surface area contributed by atoms with Crippen LogP contribution in [0.15, 0.2) is 45.9 Å². The zero-order chi connectivity index (χ0) is 20.0. The Morgan fingerprint density at radius 3 is 2.90 bits per heavy atom. The first-order chi connectivity index (χ1) is 14.1. The smallest absolute Gasteiger partial charge is 0.257 e. The third kappa shape index (κ3) is 3.10. The molecule has 0 bridgehead atoms. The maximum atomic E-state index is 12.9. The molecule has 0 unspecified atom stereocenters. The van der Waals surface area contributed by atoms with Gasteiger partial charge in [-0.3, -0.25) is 4.79 Å². The Bertz CT molecular complexity index is 1170. The summed E-state index contributed by atoms with van der Waals surface area (Å²) >= 11 is 0. The van der Waals surface area contributed by atoms with Crippen LogP contribution in [0.3, 0.4) is 0 Å². The molecule has 0 saturated carbocycles. The van der Waals surface area contributed by atoms with Crippen LogP contribution >= 0.6 is 0 Å². The summed E-state index contributed by atoms with van der Waals surface area (Å²) in [7, 11) is 0. The molecule has 1 aliphatic heterocycles. The maximum Gasteiger partial charge on any atom is 0.257 e. The number of likely N-dealkylation sites (tertiary alicyclic amines) is 1. The summed E-state index contributed by atoms with van der Waals surface area (Å²) in [5.41, 5.74) is 4.94. The molecule has 0 N–H and O–H groups in total. The Balaban J connectivity index is 1.58. The minimum Gasteiger partial charge on any atom is -0.472 e. The number of piperidine rings is 1. The molecule has 1 aliphatic rings. The van der Waals surface area contributed by atoms with E-state index in [0.717, 1.165) is 47.7 Å². The topological polar surface area (TPSA) is 89.7 Å². The number of carbonyl (C=O) groups is 1. The van der Waals surface area contributed by atoms with Crippen molar-refractivity contribution in [1.82, 2.24) is 24.7 Å². The highest BCUT2D eigenvalue weighted by molar-refractivity contribution is 5.94. The summed E-state index contributed by atoms with van der Waals surface area (Å²) in [5.74, 6) is 0.755. The standard InChI is InChI=1S/C21H21N5O3/c1-13-9-19-22-10-17(18-8-14(2)24-29-18)20(26(19)23-13)15-4-3-6-25(11-15)21(27)16-5-7-28-12-16/h5,7-10,12,15H,3-4,6,11H2,1-2H3/t15-/m1/s1. The van der Waals surface area contributed by atoms with Gasteiger partial charge in [0, 0.05) is 37.3 Å². The summed E-state index contributed by atoms with van der Waals surface area (Å²) in [4.78, 5) is 19.3.